The molecule has 2 saturated heterocycles. The molecule has 2 aliphatic heterocycles. The molecule has 0 unspecified atom stereocenters. The monoisotopic (exact) mass is 494 g/mol. The van der Waals surface area contributed by atoms with Crippen LogP contribution in [0, 0.1) is 34.0 Å². The van der Waals surface area contributed by atoms with Crippen LogP contribution in [0.25, 0.3) is 17.2 Å². The molecule has 1 aromatic carbocycles. The Kier molecular flexibility index (Phi) is 5.58. The van der Waals surface area contributed by atoms with E-state index in [0.29, 0.717) is 11.3 Å². The molecule has 0 spiro atoms. The summed E-state index contributed by atoms with van der Waals surface area (Å²) in [7, 11) is 0. The van der Waals surface area contributed by atoms with Crippen LogP contribution < -0.4 is 0 Å². The molecule has 3 fully saturated rings. The van der Waals surface area contributed by atoms with Crippen molar-refractivity contribution in [2.75, 3.05) is 13.2 Å². The number of carbonyl (C=O) groups excluding carboxylic acids is 1. The molecule has 5 rings (SSSR count). The molecule has 0 bridgehead atoms. The van der Waals surface area contributed by atoms with E-state index in [1.165, 1.54) is 6.92 Å². The molecule has 0 radical (unpaired) electrons. The molecule has 36 heavy (non-hydrogen) atoms. The first-order valence-corrected chi connectivity index (χ1v) is 12.0. The summed E-state index contributed by atoms with van der Waals surface area (Å²) in [4.78, 5) is 17.7. The smallest absolute Gasteiger partial charge is 0.316 e. The number of hydrogen-bond acceptors (Lipinski definition) is 6. The summed E-state index contributed by atoms with van der Waals surface area (Å²) in [6.45, 7) is 4.60. The van der Waals surface area contributed by atoms with Crippen molar-refractivity contribution in [2.45, 2.75) is 44.8 Å². The predicted octanol–water partition coefficient (Wildman–Crippen LogP) is 4.62. The SMILES string of the molecule is C[C@H]1[C@H](/C=C/c2ccc(-c3ccccc3C#N)cn2)[C@]2(C)[C@@H](C)OC(=O)[C@]2(C2(O)COC2)CC1(F)F. The summed E-state index contributed by atoms with van der Waals surface area (Å²) >= 11 is 0. The van der Waals surface area contributed by atoms with Crippen molar-refractivity contribution in [1.82, 2.24) is 4.98 Å². The molecular formula is C28H28F2N2O4. The van der Waals surface area contributed by atoms with Crippen LogP contribution >= 0.6 is 0 Å². The zero-order chi connectivity index (χ0) is 25.9. The van der Waals surface area contributed by atoms with Gasteiger partial charge in [0.25, 0.3) is 5.92 Å². The van der Waals surface area contributed by atoms with E-state index < -0.39 is 52.7 Å². The summed E-state index contributed by atoms with van der Waals surface area (Å²) < 4.78 is 41.8. The molecule has 0 amide bonds. The van der Waals surface area contributed by atoms with Crippen LogP contribution in [0.2, 0.25) is 0 Å². The van der Waals surface area contributed by atoms with E-state index in [9.17, 15) is 15.2 Å². The number of aromatic nitrogens is 1. The lowest BCUT2D eigenvalue weighted by atomic mass is 9.43. The summed E-state index contributed by atoms with van der Waals surface area (Å²) in [5.41, 5.74) is -1.99. The third kappa shape index (κ3) is 3.19. The Morgan fingerprint density at radius 3 is 2.53 bits per heavy atom. The van der Waals surface area contributed by atoms with E-state index in [-0.39, 0.29) is 13.2 Å². The standard InChI is InChI=1S/C28H28F2N2O4/c1-17-23(11-10-21-9-8-20(13-32-21)22-7-5-4-6-19(22)12-31)25(3)18(2)36-24(33)27(25,14-28(17,29)30)26(34)15-35-16-26/h4-11,13,17-18,23,34H,14-16H2,1-3H3/b11-10+/t17-,18+,23-,25-,27+/m0/s1. The van der Waals surface area contributed by atoms with Gasteiger partial charge in [-0.1, -0.05) is 44.2 Å². The molecule has 5 atom stereocenters. The Morgan fingerprint density at radius 1 is 1.19 bits per heavy atom. The number of esters is 1. The number of nitrogens with zero attached hydrogens (tertiary/aromatic N) is 2. The lowest BCUT2D eigenvalue weighted by Crippen LogP contribution is -2.74. The number of carbonyl (C=O) groups is 1. The first-order chi connectivity index (χ1) is 17.0. The minimum absolute atomic E-state index is 0.182. The average Bonchev–Trinajstić information content (AvgIpc) is 3.03. The Labute approximate surface area is 208 Å². The first kappa shape index (κ1) is 24.5. The van der Waals surface area contributed by atoms with Gasteiger partial charge < -0.3 is 14.6 Å². The Morgan fingerprint density at radius 2 is 1.92 bits per heavy atom. The fourth-order valence-corrected chi connectivity index (χ4v) is 6.53. The zero-order valence-corrected chi connectivity index (χ0v) is 20.4. The molecule has 1 N–H and O–H groups in total. The van der Waals surface area contributed by atoms with Gasteiger partial charge in [0, 0.05) is 35.1 Å². The van der Waals surface area contributed by atoms with Crippen molar-refractivity contribution in [3.8, 4) is 17.2 Å². The Balaban J connectivity index is 1.53. The number of allylic oxidation sites excluding steroid dienone is 1. The lowest BCUT2D eigenvalue weighted by molar-refractivity contribution is -0.300. The number of ether oxygens (including phenoxy) is 2. The van der Waals surface area contributed by atoms with Gasteiger partial charge in [-0.3, -0.25) is 9.78 Å². The lowest BCUT2D eigenvalue weighted by Gasteiger charge is -2.61. The molecule has 8 heteroatoms. The van der Waals surface area contributed by atoms with Gasteiger partial charge in [0.05, 0.1) is 30.5 Å². The van der Waals surface area contributed by atoms with Crippen LogP contribution in [-0.4, -0.2) is 46.9 Å². The number of benzene rings is 1. The minimum Gasteiger partial charge on any atom is -0.462 e. The van der Waals surface area contributed by atoms with Crippen LogP contribution in [0.3, 0.4) is 0 Å². The van der Waals surface area contributed by atoms with Crippen LogP contribution in [0.5, 0.6) is 0 Å². The summed E-state index contributed by atoms with van der Waals surface area (Å²) in [6.07, 6.45) is 3.53. The van der Waals surface area contributed by atoms with E-state index in [1.807, 2.05) is 18.2 Å². The largest absolute Gasteiger partial charge is 0.462 e. The van der Waals surface area contributed by atoms with Gasteiger partial charge in [-0.15, -0.1) is 0 Å². The molecule has 188 valence electrons. The van der Waals surface area contributed by atoms with Crippen molar-refractivity contribution < 1.29 is 28.2 Å². The minimum atomic E-state index is -3.21. The van der Waals surface area contributed by atoms with E-state index in [1.54, 1.807) is 50.4 Å². The topological polar surface area (TPSA) is 92.4 Å². The number of rotatable bonds is 4. The number of cyclic esters (lactones) is 1. The van der Waals surface area contributed by atoms with E-state index >= 15 is 8.78 Å². The molecule has 3 aliphatic rings. The van der Waals surface area contributed by atoms with Crippen molar-refractivity contribution in [2.24, 2.45) is 22.7 Å². The fraction of sp³-hybridized carbons (Fsp3) is 0.464. The highest BCUT2D eigenvalue weighted by Gasteiger charge is 2.81. The number of nitriles is 1. The van der Waals surface area contributed by atoms with Crippen LogP contribution in [0.1, 0.15) is 38.4 Å². The molecule has 1 aliphatic carbocycles. The van der Waals surface area contributed by atoms with Gasteiger partial charge in [0.1, 0.15) is 17.1 Å². The maximum Gasteiger partial charge on any atom is 0.316 e. The number of aliphatic hydroxyl groups is 1. The van der Waals surface area contributed by atoms with Gasteiger partial charge >= 0.3 is 5.97 Å². The zero-order valence-electron chi connectivity index (χ0n) is 20.4. The molecular weight excluding hydrogens is 466 g/mol. The van der Waals surface area contributed by atoms with Crippen molar-refractivity contribution in [1.29, 1.82) is 5.26 Å². The van der Waals surface area contributed by atoms with Crippen LogP contribution in [0.15, 0.2) is 48.7 Å². The van der Waals surface area contributed by atoms with Gasteiger partial charge in [0.2, 0.25) is 0 Å². The molecule has 6 nitrogen and oxygen atoms in total. The fourth-order valence-electron chi connectivity index (χ4n) is 6.53. The highest BCUT2D eigenvalue weighted by atomic mass is 19.3. The number of hydrogen-bond donors (Lipinski definition) is 1. The van der Waals surface area contributed by atoms with Crippen LogP contribution in [0.4, 0.5) is 8.78 Å². The maximum absolute atomic E-state index is 15.5. The number of halogens is 2. The van der Waals surface area contributed by atoms with Crippen molar-refractivity contribution in [3.05, 3.63) is 59.9 Å². The number of fused-ring (bicyclic) bond motifs is 1. The highest BCUT2D eigenvalue weighted by molar-refractivity contribution is 5.83. The third-order valence-electron chi connectivity index (χ3n) is 8.89. The quantitative estimate of drug-likeness (QED) is 0.624. The second-order valence-corrected chi connectivity index (χ2v) is 10.5. The van der Waals surface area contributed by atoms with E-state index in [4.69, 9.17) is 9.47 Å². The van der Waals surface area contributed by atoms with Gasteiger partial charge in [0.15, 0.2) is 0 Å². The average molecular weight is 495 g/mol. The Bertz CT molecular complexity index is 1270. The second kappa shape index (κ2) is 8.19. The van der Waals surface area contributed by atoms with Crippen LogP contribution in [-0.2, 0) is 14.3 Å². The summed E-state index contributed by atoms with van der Waals surface area (Å²) in [5.74, 6) is -5.88. The summed E-state index contributed by atoms with van der Waals surface area (Å²) in [6, 6.07) is 13.0. The van der Waals surface area contributed by atoms with E-state index in [2.05, 4.69) is 11.1 Å². The van der Waals surface area contributed by atoms with Gasteiger partial charge in [-0.05, 0) is 31.1 Å². The molecule has 1 aromatic heterocycles. The second-order valence-electron chi connectivity index (χ2n) is 10.5. The van der Waals surface area contributed by atoms with Crippen molar-refractivity contribution in [3.63, 3.8) is 0 Å². The number of alkyl halides is 2. The Hall–Kier alpha value is -3.15. The van der Waals surface area contributed by atoms with Crippen molar-refractivity contribution >= 4 is 12.0 Å². The normalized spacial score (nSPS) is 34.5. The van der Waals surface area contributed by atoms with Gasteiger partial charge in [-0.25, -0.2) is 8.78 Å². The summed E-state index contributed by atoms with van der Waals surface area (Å²) in [5, 5.41) is 20.7. The number of pyridine rings is 1. The molecule has 3 heterocycles. The third-order valence-corrected chi connectivity index (χ3v) is 8.89. The van der Waals surface area contributed by atoms with E-state index in [0.717, 1.165) is 11.1 Å². The predicted molar refractivity (Wildman–Crippen MR) is 128 cm³/mol. The first-order valence-electron chi connectivity index (χ1n) is 12.0. The molecule has 1 saturated carbocycles. The van der Waals surface area contributed by atoms with Gasteiger partial charge in [-0.2, -0.15) is 5.26 Å². The highest BCUT2D eigenvalue weighted by Crippen LogP contribution is 2.70. The maximum atomic E-state index is 15.5. The molecule has 2 aromatic rings.